The lowest BCUT2D eigenvalue weighted by Gasteiger charge is -2.16. The van der Waals surface area contributed by atoms with Gasteiger partial charge in [-0.2, -0.15) is 4.72 Å². The molecule has 160 valence electrons. The van der Waals surface area contributed by atoms with Crippen molar-refractivity contribution in [3.8, 4) is 0 Å². The van der Waals surface area contributed by atoms with Gasteiger partial charge in [-0.05, 0) is 43.3 Å². The Balaban J connectivity index is 2.02. The number of thiophene rings is 1. The molecule has 0 saturated heterocycles. The molecule has 1 aromatic carbocycles. The first-order valence-electron chi connectivity index (χ1n) is 8.90. The number of amides is 1. The van der Waals surface area contributed by atoms with Gasteiger partial charge in [0.15, 0.2) is 0 Å². The van der Waals surface area contributed by atoms with Crippen molar-refractivity contribution in [3.05, 3.63) is 52.9 Å². The summed E-state index contributed by atoms with van der Waals surface area (Å²) >= 11 is 1.06. The zero-order chi connectivity index (χ0) is 21.7. The van der Waals surface area contributed by atoms with Crippen molar-refractivity contribution in [3.63, 3.8) is 0 Å². The first-order valence-corrected chi connectivity index (χ1v) is 12.9. The predicted octanol–water partition coefficient (Wildman–Crippen LogP) is 1.56. The summed E-state index contributed by atoms with van der Waals surface area (Å²) in [7, 11) is -7.28. The predicted molar refractivity (Wildman–Crippen MR) is 113 cm³/mol. The molecule has 1 amide bonds. The van der Waals surface area contributed by atoms with Gasteiger partial charge in [0.05, 0.1) is 11.8 Å². The van der Waals surface area contributed by atoms with Gasteiger partial charge in [-0.15, -0.1) is 11.3 Å². The van der Waals surface area contributed by atoms with Crippen LogP contribution in [0.1, 0.15) is 31.9 Å². The number of nitrogens with one attached hydrogen (secondary N) is 3. The molecule has 0 fully saturated rings. The minimum Gasteiger partial charge on any atom is -0.351 e. The molecule has 11 heteroatoms. The molecular weight excluding hydrogens is 434 g/mol. The summed E-state index contributed by atoms with van der Waals surface area (Å²) in [5.41, 5.74) is 1.20. The summed E-state index contributed by atoms with van der Waals surface area (Å²) in [6.07, 6.45) is 0. The number of carbonyl (C=O) groups excluding carboxylic acids is 1. The third kappa shape index (κ3) is 7.19. The van der Waals surface area contributed by atoms with Crippen LogP contribution in [0.4, 0.5) is 0 Å². The highest BCUT2D eigenvalue weighted by Gasteiger charge is 2.23. The van der Waals surface area contributed by atoms with Crippen molar-refractivity contribution in [1.29, 1.82) is 0 Å². The number of sulfonamides is 2. The van der Waals surface area contributed by atoms with E-state index in [0.29, 0.717) is 11.1 Å². The van der Waals surface area contributed by atoms with Gasteiger partial charge < -0.3 is 5.32 Å². The Morgan fingerprint density at radius 3 is 2.21 bits per heavy atom. The van der Waals surface area contributed by atoms with Crippen molar-refractivity contribution in [1.82, 2.24) is 14.8 Å². The van der Waals surface area contributed by atoms with Crippen LogP contribution < -0.4 is 14.8 Å². The molecule has 8 nitrogen and oxygen atoms in total. The molecule has 1 heterocycles. The summed E-state index contributed by atoms with van der Waals surface area (Å²) in [6.45, 7) is 5.01. The lowest BCUT2D eigenvalue weighted by molar-refractivity contribution is -0.122. The third-order valence-corrected chi connectivity index (χ3v) is 8.28. The molecule has 0 radical (unpaired) electrons. The fourth-order valence-electron chi connectivity index (χ4n) is 2.57. The lowest BCUT2D eigenvalue weighted by atomic mass is 10.1. The van der Waals surface area contributed by atoms with Crippen LogP contribution in [0.3, 0.4) is 0 Å². The van der Waals surface area contributed by atoms with Crippen molar-refractivity contribution in [2.24, 2.45) is 0 Å². The fraction of sp³-hybridized carbons (Fsp3) is 0.389. The van der Waals surface area contributed by atoms with E-state index in [1.165, 1.54) is 13.0 Å². The molecule has 0 saturated carbocycles. The lowest BCUT2D eigenvalue weighted by Crippen LogP contribution is -2.44. The smallest absolute Gasteiger partial charge is 0.250 e. The van der Waals surface area contributed by atoms with Crippen LogP contribution >= 0.6 is 11.3 Å². The topological polar surface area (TPSA) is 121 Å². The first-order chi connectivity index (χ1) is 13.5. The van der Waals surface area contributed by atoms with Gasteiger partial charge in [-0.1, -0.05) is 30.3 Å². The Labute approximate surface area is 175 Å². The zero-order valence-corrected chi connectivity index (χ0v) is 18.8. The average molecular weight is 460 g/mol. The Morgan fingerprint density at radius 1 is 0.966 bits per heavy atom. The molecule has 2 rings (SSSR count). The van der Waals surface area contributed by atoms with Crippen molar-refractivity contribution in [2.45, 2.75) is 49.4 Å². The van der Waals surface area contributed by atoms with Gasteiger partial charge in [0.25, 0.3) is 10.0 Å². The van der Waals surface area contributed by atoms with E-state index >= 15 is 0 Å². The molecule has 29 heavy (non-hydrogen) atoms. The van der Waals surface area contributed by atoms with E-state index in [2.05, 4.69) is 14.8 Å². The standard InChI is InChI=1S/C18H25N3O5S3/c1-13(2)20-28(23,24)12-16-8-5-4-7-15(16)11-19-18(22)14(3)21-29(25,26)17-9-6-10-27-17/h4-10,13-14,20-21H,11-12H2,1-3H3,(H,19,22). The minimum absolute atomic E-state index is 0.0806. The largest absolute Gasteiger partial charge is 0.351 e. The van der Waals surface area contributed by atoms with Gasteiger partial charge in [0, 0.05) is 12.6 Å². The quantitative estimate of drug-likeness (QED) is 0.498. The fourth-order valence-corrected chi connectivity index (χ4v) is 6.28. The van der Waals surface area contributed by atoms with Gasteiger partial charge in [-0.3, -0.25) is 4.79 Å². The van der Waals surface area contributed by atoms with Gasteiger partial charge in [0.2, 0.25) is 15.9 Å². The van der Waals surface area contributed by atoms with Crippen LogP contribution in [0, 0.1) is 0 Å². The van der Waals surface area contributed by atoms with Crippen LogP contribution in [0.15, 0.2) is 46.0 Å². The molecule has 2 aromatic rings. The number of hydrogen-bond acceptors (Lipinski definition) is 6. The maximum atomic E-state index is 12.3. The van der Waals surface area contributed by atoms with Gasteiger partial charge >= 0.3 is 0 Å². The summed E-state index contributed by atoms with van der Waals surface area (Å²) in [5.74, 6) is -0.722. The highest BCUT2D eigenvalue weighted by atomic mass is 32.2. The number of benzene rings is 1. The van der Waals surface area contributed by atoms with E-state index in [0.717, 1.165) is 11.3 Å². The Bertz CT molecular complexity index is 1030. The maximum Gasteiger partial charge on any atom is 0.250 e. The average Bonchev–Trinajstić information content (AvgIpc) is 3.14. The summed E-state index contributed by atoms with van der Waals surface area (Å²) < 4.78 is 53.9. The minimum atomic E-state index is -3.77. The highest BCUT2D eigenvalue weighted by Crippen LogP contribution is 2.16. The van der Waals surface area contributed by atoms with Gasteiger partial charge in [-0.25, -0.2) is 21.6 Å². The highest BCUT2D eigenvalue weighted by molar-refractivity contribution is 7.91. The molecule has 1 atom stereocenters. The Hall–Kier alpha value is -1.79. The van der Waals surface area contributed by atoms with Crippen molar-refractivity contribution in [2.75, 3.05) is 0 Å². The van der Waals surface area contributed by atoms with Crippen LogP contribution in [-0.2, 0) is 37.1 Å². The van der Waals surface area contributed by atoms with E-state index in [1.807, 2.05) is 0 Å². The van der Waals surface area contributed by atoms with Crippen LogP contribution in [0.25, 0.3) is 0 Å². The second kappa shape index (κ2) is 9.81. The second-order valence-corrected chi connectivity index (χ2v) is 11.4. The Morgan fingerprint density at radius 2 is 1.62 bits per heavy atom. The SMILES string of the molecule is CC(C)NS(=O)(=O)Cc1ccccc1CNC(=O)C(C)NS(=O)(=O)c1cccs1. The van der Waals surface area contributed by atoms with Crippen LogP contribution in [0.2, 0.25) is 0 Å². The second-order valence-electron chi connectivity index (χ2n) is 6.79. The molecule has 0 aliphatic carbocycles. The van der Waals surface area contributed by atoms with Crippen LogP contribution in [0.5, 0.6) is 0 Å². The maximum absolute atomic E-state index is 12.3. The van der Waals surface area contributed by atoms with Gasteiger partial charge in [0.1, 0.15) is 4.21 Å². The molecule has 1 aromatic heterocycles. The van der Waals surface area contributed by atoms with E-state index in [-0.39, 0.29) is 22.5 Å². The van der Waals surface area contributed by atoms with Crippen molar-refractivity contribution >= 4 is 37.3 Å². The van der Waals surface area contributed by atoms with E-state index in [1.54, 1.807) is 49.6 Å². The summed E-state index contributed by atoms with van der Waals surface area (Å²) in [4.78, 5) is 12.3. The number of carbonyl (C=O) groups is 1. The van der Waals surface area contributed by atoms with Crippen LogP contribution in [-0.4, -0.2) is 34.8 Å². The number of rotatable bonds is 10. The van der Waals surface area contributed by atoms with E-state index < -0.39 is 32.0 Å². The molecule has 3 N–H and O–H groups in total. The summed E-state index contributed by atoms with van der Waals surface area (Å²) in [5, 5.41) is 4.29. The Kier molecular flexibility index (Phi) is 7.94. The third-order valence-electron chi connectivity index (χ3n) is 3.82. The molecule has 0 bridgehead atoms. The first kappa shape index (κ1) is 23.5. The monoisotopic (exact) mass is 459 g/mol. The number of hydrogen-bond donors (Lipinski definition) is 3. The molecule has 0 aliphatic rings. The molecule has 1 unspecified atom stereocenters. The van der Waals surface area contributed by atoms with Crippen molar-refractivity contribution < 1.29 is 21.6 Å². The van der Waals surface area contributed by atoms with E-state index in [4.69, 9.17) is 0 Å². The molecule has 0 spiro atoms. The van der Waals surface area contributed by atoms with E-state index in [9.17, 15) is 21.6 Å². The normalized spacial score (nSPS) is 13.4. The molecular formula is C18H25N3O5S3. The molecule has 0 aliphatic heterocycles. The summed E-state index contributed by atoms with van der Waals surface area (Å²) in [6, 6.07) is 8.75. The zero-order valence-electron chi connectivity index (χ0n) is 16.4.